The van der Waals surface area contributed by atoms with E-state index in [1.807, 2.05) is 0 Å². The summed E-state index contributed by atoms with van der Waals surface area (Å²) in [6, 6.07) is 3.16. The van der Waals surface area contributed by atoms with Gasteiger partial charge in [-0.15, -0.1) is 0 Å². The highest BCUT2D eigenvalue weighted by Gasteiger charge is 2.34. The normalized spacial score (nSPS) is 28.6. The Morgan fingerprint density at radius 1 is 1.39 bits per heavy atom. The largest absolute Gasteiger partial charge is 0.348 e. The summed E-state index contributed by atoms with van der Waals surface area (Å²) >= 11 is 0. The Morgan fingerprint density at radius 3 is 2.72 bits per heavy atom. The van der Waals surface area contributed by atoms with Crippen molar-refractivity contribution in [3.63, 3.8) is 0 Å². The molecule has 2 heteroatoms. The summed E-state index contributed by atoms with van der Waals surface area (Å²) < 4.78 is 2.53. The second-order valence-corrected chi connectivity index (χ2v) is 7.21. The third-order valence-corrected chi connectivity index (χ3v) is 5.15. The van der Waals surface area contributed by atoms with Crippen LogP contribution >= 0.6 is 0 Å². The summed E-state index contributed by atoms with van der Waals surface area (Å²) in [5.74, 6) is 0.891. The maximum Gasteiger partial charge on any atom is 0.0333 e. The fourth-order valence-corrected chi connectivity index (χ4v) is 3.79. The highest BCUT2D eigenvalue weighted by atomic mass is 15.0. The Hall–Kier alpha value is -0.760. The van der Waals surface area contributed by atoms with Gasteiger partial charge >= 0.3 is 0 Å². The van der Waals surface area contributed by atoms with Crippen molar-refractivity contribution in [3.8, 4) is 0 Å². The lowest BCUT2D eigenvalue weighted by molar-refractivity contribution is 0.209. The first-order valence-electron chi connectivity index (χ1n) is 7.43. The lowest BCUT2D eigenvalue weighted by atomic mass is 9.74. The fraction of sp³-hybridized carbons (Fsp3) is 0.750. The van der Waals surface area contributed by atoms with Crippen molar-refractivity contribution in [1.29, 1.82) is 0 Å². The van der Waals surface area contributed by atoms with Crippen LogP contribution in [0.1, 0.15) is 69.8 Å². The Morgan fingerprint density at radius 2 is 2.11 bits per heavy atom. The van der Waals surface area contributed by atoms with E-state index in [-0.39, 0.29) is 6.04 Å². The average Bonchev–Trinajstić information content (AvgIpc) is 2.56. The van der Waals surface area contributed by atoms with Gasteiger partial charge in [0, 0.05) is 24.0 Å². The molecule has 1 fully saturated rings. The molecule has 2 aliphatic carbocycles. The van der Waals surface area contributed by atoms with Crippen LogP contribution in [0.2, 0.25) is 0 Å². The predicted octanol–water partition coefficient (Wildman–Crippen LogP) is 3.82. The van der Waals surface area contributed by atoms with Crippen LogP contribution in [-0.2, 0) is 6.42 Å². The molecule has 18 heavy (non-hydrogen) atoms. The SMILES string of the molecule is CC(C1CCC1)n1ccc2c1CC(C)(C)CC2N. The number of nitrogens with zero attached hydrogens (tertiary/aromatic N) is 1. The monoisotopic (exact) mass is 246 g/mol. The molecule has 2 unspecified atom stereocenters. The molecule has 100 valence electrons. The molecule has 3 rings (SSSR count). The summed E-state index contributed by atoms with van der Waals surface area (Å²) in [6.07, 6.45) is 8.81. The van der Waals surface area contributed by atoms with Gasteiger partial charge in [0.2, 0.25) is 0 Å². The lowest BCUT2D eigenvalue weighted by Gasteiger charge is -2.38. The minimum Gasteiger partial charge on any atom is -0.348 e. The van der Waals surface area contributed by atoms with Gasteiger partial charge in [0.15, 0.2) is 0 Å². The van der Waals surface area contributed by atoms with Gasteiger partial charge in [0.25, 0.3) is 0 Å². The maximum atomic E-state index is 6.34. The van der Waals surface area contributed by atoms with Crippen molar-refractivity contribution < 1.29 is 0 Å². The first kappa shape index (κ1) is 12.3. The van der Waals surface area contributed by atoms with Crippen molar-refractivity contribution in [2.24, 2.45) is 17.1 Å². The van der Waals surface area contributed by atoms with Crippen molar-refractivity contribution >= 4 is 0 Å². The van der Waals surface area contributed by atoms with E-state index in [1.54, 1.807) is 0 Å². The molecule has 0 bridgehead atoms. The molecular weight excluding hydrogens is 220 g/mol. The maximum absolute atomic E-state index is 6.34. The van der Waals surface area contributed by atoms with E-state index in [0.29, 0.717) is 11.5 Å². The van der Waals surface area contributed by atoms with Gasteiger partial charge in [-0.3, -0.25) is 0 Å². The standard InChI is InChI=1S/C16H26N2/c1-11(12-5-4-6-12)18-8-7-13-14(17)9-16(2,3)10-15(13)18/h7-8,11-12,14H,4-6,9-10,17H2,1-3H3. The van der Waals surface area contributed by atoms with E-state index in [2.05, 4.69) is 37.6 Å². The zero-order valence-electron chi connectivity index (χ0n) is 11.9. The van der Waals surface area contributed by atoms with Gasteiger partial charge < -0.3 is 10.3 Å². The highest BCUT2D eigenvalue weighted by molar-refractivity contribution is 5.30. The molecule has 1 heterocycles. The first-order valence-corrected chi connectivity index (χ1v) is 7.43. The minimum atomic E-state index is 0.235. The van der Waals surface area contributed by atoms with Crippen LogP contribution in [0.5, 0.6) is 0 Å². The third-order valence-electron chi connectivity index (χ3n) is 5.15. The zero-order valence-corrected chi connectivity index (χ0v) is 11.9. The number of rotatable bonds is 2. The number of hydrogen-bond acceptors (Lipinski definition) is 1. The summed E-state index contributed by atoms with van der Waals surface area (Å²) in [7, 11) is 0. The fourth-order valence-electron chi connectivity index (χ4n) is 3.79. The van der Waals surface area contributed by atoms with Crippen LogP contribution in [0.15, 0.2) is 12.3 Å². The van der Waals surface area contributed by atoms with E-state index in [1.165, 1.54) is 36.9 Å². The molecule has 1 aromatic rings. The molecule has 2 N–H and O–H groups in total. The van der Waals surface area contributed by atoms with Crippen LogP contribution < -0.4 is 5.73 Å². The van der Waals surface area contributed by atoms with E-state index in [9.17, 15) is 0 Å². The van der Waals surface area contributed by atoms with Crippen LogP contribution in [0.3, 0.4) is 0 Å². The number of nitrogens with two attached hydrogens (primary N) is 1. The summed E-state index contributed by atoms with van der Waals surface area (Å²) in [4.78, 5) is 0. The molecule has 1 aromatic heterocycles. The average molecular weight is 246 g/mol. The summed E-state index contributed by atoms with van der Waals surface area (Å²) in [6.45, 7) is 7.08. The van der Waals surface area contributed by atoms with Gasteiger partial charge in [0.1, 0.15) is 0 Å². The van der Waals surface area contributed by atoms with E-state index >= 15 is 0 Å². The van der Waals surface area contributed by atoms with Gasteiger partial charge in [0.05, 0.1) is 0 Å². The van der Waals surface area contributed by atoms with Crippen molar-refractivity contribution in [3.05, 3.63) is 23.5 Å². The minimum absolute atomic E-state index is 0.235. The second-order valence-electron chi connectivity index (χ2n) is 7.21. The molecule has 0 spiro atoms. The van der Waals surface area contributed by atoms with Crippen LogP contribution in [0, 0.1) is 11.3 Å². The lowest BCUT2D eigenvalue weighted by Crippen LogP contribution is -2.32. The number of aromatic nitrogens is 1. The second kappa shape index (κ2) is 4.12. The van der Waals surface area contributed by atoms with Gasteiger partial charge in [-0.1, -0.05) is 20.3 Å². The van der Waals surface area contributed by atoms with E-state index < -0.39 is 0 Å². The molecule has 2 nitrogen and oxygen atoms in total. The quantitative estimate of drug-likeness (QED) is 0.845. The summed E-state index contributed by atoms with van der Waals surface area (Å²) in [5.41, 5.74) is 9.61. The highest BCUT2D eigenvalue weighted by Crippen LogP contribution is 2.43. The zero-order chi connectivity index (χ0) is 12.9. The van der Waals surface area contributed by atoms with Crippen LogP contribution in [0.25, 0.3) is 0 Å². The molecular formula is C16H26N2. The molecule has 2 atom stereocenters. The molecule has 0 aromatic carbocycles. The Bertz CT molecular complexity index is 440. The molecule has 0 saturated heterocycles. The smallest absolute Gasteiger partial charge is 0.0333 e. The van der Waals surface area contributed by atoms with Crippen molar-refractivity contribution in [2.75, 3.05) is 0 Å². The van der Waals surface area contributed by atoms with Crippen LogP contribution in [0.4, 0.5) is 0 Å². The number of fused-ring (bicyclic) bond motifs is 1. The Balaban J connectivity index is 1.93. The molecule has 0 aliphatic heterocycles. The predicted molar refractivity (Wildman–Crippen MR) is 75.5 cm³/mol. The van der Waals surface area contributed by atoms with Gasteiger partial charge in [-0.2, -0.15) is 0 Å². The number of hydrogen-bond donors (Lipinski definition) is 1. The molecule has 0 radical (unpaired) electrons. The van der Waals surface area contributed by atoms with Crippen molar-refractivity contribution in [2.45, 2.75) is 65.0 Å². The third kappa shape index (κ3) is 1.91. The molecule has 2 aliphatic rings. The Kier molecular flexibility index (Phi) is 2.81. The van der Waals surface area contributed by atoms with Crippen LogP contribution in [-0.4, -0.2) is 4.57 Å². The van der Waals surface area contributed by atoms with Gasteiger partial charge in [-0.25, -0.2) is 0 Å². The summed E-state index contributed by atoms with van der Waals surface area (Å²) in [5, 5.41) is 0. The molecule has 1 saturated carbocycles. The Labute approximate surface area is 111 Å². The molecule has 0 amide bonds. The van der Waals surface area contributed by atoms with Gasteiger partial charge in [-0.05, 0) is 55.6 Å². The first-order chi connectivity index (χ1) is 8.48. The van der Waals surface area contributed by atoms with E-state index in [0.717, 1.165) is 12.3 Å². The topological polar surface area (TPSA) is 30.9 Å². The van der Waals surface area contributed by atoms with Crippen molar-refractivity contribution in [1.82, 2.24) is 4.57 Å². The van der Waals surface area contributed by atoms with E-state index in [4.69, 9.17) is 5.73 Å².